The summed E-state index contributed by atoms with van der Waals surface area (Å²) < 4.78 is 13.6. The molecule has 0 saturated heterocycles. The van der Waals surface area contributed by atoms with Crippen LogP contribution < -0.4 is 0 Å². The average Bonchev–Trinajstić information content (AvgIpc) is 2.28. The Morgan fingerprint density at radius 2 is 2.00 bits per heavy atom. The predicted octanol–water partition coefficient (Wildman–Crippen LogP) is 2.98. The molecule has 2 nitrogen and oxygen atoms in total. The van der Waals surface area contributed by atoms with E-state index in [1.165, 1.54) is 6.07 Å². The molecule has 1 aromatic carbocycles. The van der Waals surface area contributed by atoms with E-state index in [1.54, 1.807) is 19.1 Å². The first-order valence-corrected chi connectivity index (χ1v) is 6.04. The van der Waals surface area contributed by atoms with Crippen molar-refractivity contribution in [3.05, 3.63) is 35.6 Å². The molecule has 1 aromatic rings. The van der Waals surface area contributed by atoms with Crippen molar-refractivity contribution in [2.75, 3.05) is 13.6 Å². The standard InChI is InChI=1S/C14H22FNO/c1-5-14(3,17)10-16(4)11(2)12-8-6-7-9-13(12)15/h6-9,11,17H,5,10H2,1-4H3. The molecule has 1 N–H and O–H groups in total. The molecule has 0 aliphatic heterocycles. The molecular formula is C14H22FNO. The summed E-state index contributed by atoms with van der Waals surface area (Å²) in [5, 5.41) is 10.0. The van der Waals surface area contributed by atoms with Gasteiger partial charge in [-0.05, 0) is 33.4 Å². The topological polar surface area (TPSA) is 23.5 Å². The first-order chi connectivity index (χ1) is 7.87. The first-order valence-electron chi connectivity index (χ1n) is 6.04. The summed E-state index contributed by atoms with van der Waals surface area (Å²) in [6.07, 6.45) is 0.682. The number of rotatable bonds is 5. The van der Waals surface area contributed by atoms with E-state index < -0.39 is 5.60 Å². The van der Waals surface area contributed by atoms with Crippen LogP contribution in [0, 0.1) is 5.82 Å². The van der Waals surface area contributed by atoms with Gasteiger partial charge in [-0.15, -0.1) is 0 Å². The minimum atomic E-state index is -0.728. The highest BCUT2D eigenvalue weighted by molar-refractivity contribution is 5.20. The average molecular weight is 239 g/mol. The predicted molar refractivity (Wildman–Crippen MR) is 68.4 cm³/mol. The Hall–Kier alpha value is -0.930. The van der Waals surface area contributed by atoms with Crippen molar-refractivity contribution < 1.29 is 9.50 Å². The molecular weight excluding hydrogens is 217 g/mol. The number of benzene rings is 1. The van der Waals surface area contributed by atoms with Gasteiger partial charge < -0.3 is 5.11 Å². The molecule has 1 rings (SSSR count). The summed E-state index contributed by atoms with van der Waals surface area (Å²) in [5.41, 5.74) is -0.0595. The quantitative estimate of drug-likeness (QED) is 0.854. The van der Waals surface area contributed by atoms with Crippen molar-refractivity contribution in [1.29, 1.82) is 0 Å². The molecule has 0 amide bonds. The molecule has 96 valence electrons. The SMILES string of the molecule is CCC(C)(O)CN(C)C(C)c1ccccc1F. The third kappa shape index (κ3) is 3.79. The molecule has 0 bridgehead atoms. The van der Waals surface area contributed by atoms with Crippen LogP contribution in [0.15, 0.2) is 24.3 Å². The van der Waals surface area contributed by atoms with Crippen LogP contribution in [0.2, 0.25) is 0 Å². The summed E-state index contributed by atoms with van der Waals surface area (Å²) in [6, 6.07) is 6.73. The fourth-order valence-corrected chi connectivity index (χ4v) is 1.84. The van der Waals surface area contributed by atoms with Gasteiger partial charge in [0.05, 0.1) is 5.60 Å². The summed E-state index contributed by atoms with van der Waals surface area (Å²) in [6.45, 7) is 6.22. The normalized spacial score (nSPS) is 16.9. The van der Waals surface area contributed by atoms with E-state index in [0.29, 0.717) is 18.5 Å². The van der Waals surface area contributed by atoms with E-state index in [1.807, 2.05) is 31.9 Å². The van der Waals surface area contributed by atoms with Crippen LogP contribution in [0.5, 0.6) is 0 Å². The first kappa shape index (κ1) is 14.1. The van der Waals surface area contributed by atoms with Gasteiger partial charge in [0, 0.05) is 18.2 Å². The maximum Gasteiger partial charge on any atom is 0.127 e. The Bertz CT molecular complexity index is 365. The van der Waals surface area contributed by atoms with E-state index >= 15 is 0 Å². The summed E-state index contributed by atoms with van der Waals surface area (Å²) in [4.78, 5) is 1.97. The second-order valence-corrected chi connectivity index (χ2v) is 4.96. The minimum Gasteiger partial charge on any atom is -0.389 e. The number of halogens is 1. The fourth-order valence-electron chi connectivity index (χ4n) is 1.84. The van der Waals surface area contributed by atoms with E-state index in [4.69, 9.17) is 0 Å². The van der Waals surface area contributed by atoms with Crippen LogP contribution in [0.4, 0.5) is 4.39 Å². The number of hydrogen-bond donors (Lipinski definition) is 1. The van der Waals surface area contributed by atoms with Crippen LogP contribution >= 0.6 is 0 Å². The van der Waals surface area contributed by atoms with E-state index in [-0.39, 0.29) is 11.9 Å². The molecule has 3 heteroatoms. The van der Waals surface area contributed by atoms with Crippen molar-refractivity contribution in [1.82, 2.24) is 4.90 Å². The molecule has 2 atom stereocenters. The van der Waals surface area contributed by atoms with Gasteiger partial charge in [0.15, 0.2) is 0 Å². The molecule has 0 aliphatic rings. The van der Waals surface area contributed by atoms with Crippen molar-refractivity contribution in [2.24, 2.45) is 0 Å². The van der Waals surface area contributed by atoms with E-state index in [0.717, 1.165) is 0 Å². The number of aliphatic hydroxyl groups is 1. The van der Waals surface area contributed by atoms with Gasteiger partial charge in [0.25, 0.3) is 0 Å². The Morgan fingerprint density at radius 1 is 1.41 bits per heavy atom. The maximum atomic E-state index is 13.6. The lowest BCUT2D eigenvalue weighted by atomic mass is 10.0. The van der Waals surface area contributed by atoms with Gasteiger partial charge in [-0.25, -0.2) is 4.39 Å². The smallest absolute Gasteiger partial charge is 0.127 e. The zero-order valence-electron chi connectivity index (χ0n) is 11.1. The minimum absolute atomic E-state index is 0.0470. The monoisotopic (exact) mass is 239 g/mol. The Morgan fingerprint density at radius 3 is 2.53 bits per heavy atom. The highest BCUT2D eigenvalue weighted by Crippen LogP contribution is 2.23. The van der Waals surface area contributed by atoms with Crippen LogP contribution in [0.25, 0.3) is 0 Å². The van der Waals surface area contributed by atoms with Crippen LogP contribution in [-0.2, 0) is 0 Å². The largest absolute Gasteiger partial charge is 0.389 e. The van der Waals surface area contributed by atoms with Crippen molar-refractivity contribution in [2.45, 2.75) is 38.8 Å². The third-order valence-electron chi connectivity index (χ3n) is 3.37. The molecule has 17 heavy (non-hydrogen) atoms. The zero-order chi connectivity index (χ0) is 13.1. The highest BCUT2D eigenvalue weighted by atomic mass is 19.1. The number of nitrogens with zero attached hydrogens (tertiary/aromatic N) is 1. The van der Waals surface area contributed by atoms with Crippen molar-refractivity contribution in [3.8, 4) is 0 Å². The van der Waals surface area contributed by atoms with Gasteiger partial charge in [-0.3, -0.25) is 4.90 Å². The van der Waals surface area contributed by atoms with Crippen molar-refractivity contribution in [3.63, 3.8) is 0 Å². The number of hydrogen-bond acceptors (Lipinski definition) is 2. The lowest BCUT2D eigenvalue weighted by Gasteiger charge is -2.32. The van der Waals surface area contributed by atoms with Gasteiger partial charge in [-0.1, -0.05) is 25.1 Å². The lowest BCUT2D eigenvalue weighted by Crippen LogP contribution is -2.39. The maximum absolute atomic E-state index is 13.6. The second kappa shape index (κ2) is 5.61. The van der Waals surface area contributed by atoms with Crippen LogP contribution in [0.3, 0.4) is 0 Å². The van der Waals surface area contributed by atoms with Crippen molar-refractivity contribution >= 4 is 0 Å². The molecule has 0 aliphatic carbocycles. The van der Waals surface area contributed by atoms with Gasteiger partial charge in [0.1, 0.15) is 5.82 Å². The second-order valence-electron chi connectivity index (χ2n) is 4.96. The highest BCUT2D eigenvalue weighted by Gasteiger charge is 2.24. The summed E-state index contributed by atoms with van der Waals surface area (Å²) in [5.74, 6) is -0.192. The molecule has 0 saturated carbocycles. The summed E-state index contributed by atoms with van der Waals surface area (Å²) in [7, 11) is 1.90. The summed E-state index contributed by atoms with van der Waals surface area (Å²) >= 11 is 0. The molecule has 0 heterocycles. The molecule has 2 unspecified atom stereocenters. The van der Waals surface area contributed by atoms with E-state index in [2.05, 4.69) is 0 Å². The fraction of sp³-hybridized carbons (Fsp3) is 0.571. The van der Waals surface area contributed by atoms with Crippen LogP contribution in [0.1, 0.15) is 38.8 Å². The Labute approximate surface area is 103 Å². The van der Waals surface area contributed by atoms with Gasteiger partial charge in [-0.2, -0.15) is 0 Å². The molecule has 0 spiro atoms. The van der Waals surface area contributed by atoms with Gasteiger partial charge >= 0.3 is 0 Å². The Kier molecular flexibility index (Phi) is 4.66. The zero-order valence-corrected chi connectivity index (χ0v) is 11.1. The molecule has 0 radical (unpaired) electrons. The van der Waals surface area contributed by atoms with E-state index in [9.17, 15) is 9.50 Å². The molecule has 0 aromatic heterocycles. The number of likely N-dealkylation sites (N-methyl/N-ethyl adjacent to an activating group) is 1. The van der Waals surface area contributed by atoms with Gasteiger partial charge in [0.2, 0.25) is 0 Å². The lowest BCUT2D eigenvalue weighted by molar-refractivity contribution is 0.0135. The van der Waals surface area contributed by atoms with Crippen LogP contribution in [-0.4, -0.2) is 29.2 Å². The molecule has 0 fully saturated rings. The Balaban J connectivity index is 2.77. The third-order valence-corrected chi connectivity index (χ3v) is 3.37.